The molecule has 1 saturated heterocycles. The van der Waals surface area contributed by atoms with E-state index in [0.717, 1.165) is 30.5 Å². The number of nitrogens with one attached hydrogen (secondary N) is 1. The number of sulfonamides is 1. The lowest BCUT2D eigenvalue weighted by Gasteiger charge is -2.18. The minimum absolute atomic E-state index is 0.00953. The van der Waals surface area contributed by atoms with Crippen LogP contribution >= 0.6 is 27.3 Å². The van der Waals surface area contributed by atoms with Crippen LogP contribution < -0.4 is 9.46 Å². The second kappa shape index (κ2) is 11.7. The Morgan fingerprint density at radius 1 is 1.32 bits per heavy atom. The first-order chi connectivity index (χ1) is 16.2. The molecule has 1 atom stereocenters. The molecule has 0 spiro atoms. The first-order valence-corrected chi connectivity index (χ1v) is 13.1. The summed E-state index contributed by atoms with van der Waals surface area (Å²) in [6.45, 7) is 1.88. The normalized spacial score (nSPS) is 15.9. The average Bonchev–Trinajstić information content (AvgIpc) is 3.45. The fourth-order valence-corrected chi connectivity index (χ4v) is 5.64. The monoisotopic (exact) mass is 575 g/mol. The molecule has 4 rings (SSSR count). The van der Waals surface area contributed by atoms with Gasteiger partial charge in [-0.2, -0.15) is 0 Å². The second-order valence-corrected chi connectivity index (χ2v) is 10.3. The number of hydrogen-bond acceptors (Lipinski definition) is 7. The Morgan fingerprint density at radius 2 is 2.03 bits per heavy atom. The van der Waals surface area contributed by atoms with Crippen molar-refractivity contribution in [3.05, 3.63) is 69.0 Å². The van der Waals surface area contributed by atoms with Gasteiger partial charge < -0.3 is 9.84 Å². The quantitative estimate of drug-likeness (QED) is 0.318. The van der Waals surface area contributed by atoms with Gasteiger partial charge in [-0.1, -0.05) is 30.3 Å². The fourth-order valence-electron chi connectivity index (χ4n) is 3.40. The molecule has 182 valence electrons. The third kappa shape index (κ3) is 6.50. The number of ether oxygens (including phenoxy) is 1. The van der Waals surface area contributed by atoms with E-state index in [0.29, 0.717) is 13.0 Å². The Bertz CT molecular complexity index is 1210. The highest BCUT2D eigenvalue weighted by Gasteiger charge is 2.31. The molecule has 1 aliphatic heterocycles. The number of hydrogen-bond donors (Lipinski definition) is 2. The van der Waals surface area contributed by atoms with Gasteiger partial charge in [-0.15, -0.1) is 11.3 Å². The minimum Gasteiger partial charge on any atom is -0.488 e. The molecule has 0 aliphatic carbocycles. The summed E-state index contributed by atoms with van der Waals surface area (Å²) in [6, 6.07) is 10.9. The standard InChI is InChI=1S/C20H18BrF2N3O3S2.CH2O2/c21-18-16(29-14-6-7-26(10-14)9-13-4-2-1-3-5-13)8-15(22)20(19(18)23)31(27,28)25-17-11-30-12-24-17;2-1-3/h1-5,8,11-12,14,25H,6-7,9-10H2;1H,(H,2,3). The number of halogens is 3. The zero-order valence-corrected chi connectivity index (χ0v) is 20.7. The summed E-state index contributed by atoms with van der Waals surface area (Å²) in [5.41, 5.74) is 2.57. The molecular formula is C21H20BrF2N3O5S2. The van der Waals surface area contributed by atoms with Gasteiger partial charge in [0.15, 0.2) is 22.3 Å². The zero-order valence-electron chi connectivity index (χ0n) is 17.5. The molecule has 2 N–H and O–H groups in total. The molecule has 0 radical (unpaired) electrons. The molecule has 2 aromatic carbocycles. The summed E-state index contributed by atoms with van der Waals surface area (Å²) in [6.07, 6.45) is 0.419. The molecule has 0 amide bonds. The van der Waals surface area contributed by atoms with Gasteiger partial charge in [-0.05, 0) is 27.9 Å². The predicted molar refractivity (Wildman–Crippen MR) is 126 cm³/mol. The number of aromatic nitrogens is 1. The van der Waals surface area contributed by atoms with Gasteiger partial charge in [0, 0.05) is 31.1 Å². The van der Waals surface area contributed by atoms with Crippen molar-refractivity contribution in [2.75, 3.05) is 17.8 Å². The van der Waals surface area contributed by atoms with Crippen LogP contribution in [0, 0.1) is 11.6 Å². The highest BCUT2D eigenvalue weighted by atomic mass is 79.9. The molecule has 1 aromatic heterocycles. The van der Waals surface area contributed by atoms with Crippen molar-refractivity contribution in [3.63, 3.8) is 0 Å². The van der Waals surface area contributed by atoms with E-state index in [1.807, 2.05) is 30.3 Å². The van der Waals surface area contributed by atoms with Crippen molar-refractivity contribution in [2.24, 2.45) is 0 Å². The maximum Gasteiger partial charge on any atom is 0.290 e. The summed E-state index contributed by atoms with van der Waals surface area (Å²) >= 11 is 4.17. The van der Waals surface area contributed by atoms with Crippen molar-refractivity contribution in [3.8, 4) is 5.75 Å². The van der Waals surface area contributed by atoms with Crippen LogP contribution in [0.15, 0.2) is 56.7 Å². The average molecular weight is 576 g/mol. The number of carboxylic acid groups (broad SMARTS) is 1. The molecule has 1 unspecified atom stereocenters. The summed E-state index contributed by atoms with van der Waals surface area (Å²) in [5, 5.41) is 8.31. The molecule has 3 aromatic rings. The lowest BCUT2D eigenvalue weighted by atomic mass is 10.2. The number of thiazole rings is 1. The van der Waals surface area contributed by atoms with Crippen LogP contribution in [0.25, 0.3) is 0 Å². The van der Waals surface area contributed by atoms with E-state index in [9.17, 15) is 17.2 Å². The first kappa shape index (κ1) is 26.0. The van der Waals surface area contributed by atoms with Crippen molar-refractivity contribution < 1.29 is 31.8 Å². The molecule has 34 heavy (non-hydrogen) atoms. The largest absolute Gasteiger partial charge is 0.488 e. The van der Waals surface area contributed by atoms with Crippen LogP contribution in [-0.4, -0.2) is 49.1 Å². The van der Waals surface area contributed by atoms with Crippen LogP contribution in [0.4, 0.5) is 14.6 Å². The first-order valence-electron chi connectivity index (χ1n) is 9.84. The summed E-state index contributed by atoms with van der Waals surface area (Å²) in [5.74, 6) is -2.58. The van der Waals surface area contributed by atoms with Crippen LogP contribution in [0.5, 0.6) is 5.75 Å². The van der Waals surface area contributed by atoms with E-state index in [4.69, 9.17) is 14.6 Å². The van der Waals surface area contributed by atoms with Gasteiger partial charge in [0.25, 0.3) is 16.5 Å². The van der Waals surface area contributed by atoms with Crippen molar-refractivity contribution in [1.82, 2.24) is 9.88 Å². The Hall–Kier alpha value is -2.61. The van der Waals surface area contributed by atoms with Gasteiger partial charge in [0.05, 0.1) is 9.98 Å². The molecule has 0 bridgehead atoms. The van der Waals surface area contributed by atoms with Crippen LogP contribution in [0.2, 0.25) is 0 Å². The SMILES string of the molecule is O=CO.O=S(=O)(Nc1cscn1)c1c(F)cc(OC2CCN(Cc3ccccc3)C2)c(Br)c1F. The van der Waals surface area contributed by atoms with E-state index in [1.54, 1.807) is 0 Å². The third-order valence-electron chi connectivity index (χ3n) is 4.79. The van der Waals surface area contributed by atoms with E-state index < -0.39 is 26.6 Å². The highest BCUT2D eigenvalue weighted by molar-refractivity contribution is 9.10. The highest BCUT2D eigenvalue weighted by Crippen LogP contribution is 2.36. The molecule has 1 aliphatic rings. The molecule has 2 heterocycles. The maximum absolute atomic E-state index is 14.9. The second-order valence-electron chi connectivity index (χ2n) is 7.15. The van der Waals surface area contributed by atoms with E-state index in [-0.39, 0.29) is 28.6 Å². The number of anilines is 1. The van der Waals surface area contributed by atoms with Gasteiger partial charge in [0.2, 0.25) is 0 Å². The molecule has 1 fully saturated rings. The number of benzene rings is 2. The van der Waals surface area contributed by atoms with E-state index >= 15 is 0 Å². The third-order valence-corrected chi connectivity index (χ3v) is 7.51. The van der Waals surface area contributed by atoms with E-state index in [2.05, 4.69) is 30.5 Å². The zero-order chi connectivity index (χ0) is 24.7. The van der Waals surface area contributed by atoms with Gasteiger partial charge in [-0.3, -0.25) is 14.4 Å². The molecule has 13 heteroatoms. The summed E-state index contributed by atoms with van der Waals surface area (Å²) < 4.78 is 62.1. The Morgan fingerprint density at radius 3 is 2.68 bits per heavy atom. The van der Waals surface area contributed by atoms with Crippen molar-refractivity contribution in [1.29, 1.82) is 0 Å². The number of rotatable bonds is 7. The van der Waals surface area contributed by atoms with Crippen molar-refractivity contribution >= 4 is 49.6 Å². The lowest BCUT2D eigenvalue weighted by molar-refractivity contribution is -0.122. The lowest BCUT2D eigenvalue weighted by Crippen LogP contribution is -2.25. The molecular weight excluding hydrogens is 556 g/mol. The molecule has 8 nitrogen and oxygen atoms in total. The smallest absolute Gasteiger partial charge is 0.290 e. The Labute approximate surface area is 207 Å². The predicted octanol–water partition coefficient (Wildman–Crippen LogP) is 4.34. The van der Waals surface area contributed by atoms with E-state index in [1.165, 1.54) is 16.5 Å². The van der Waals surface area contributed by atoms with Crippen molar-refractivity contribution in [2.45, 2.75) is 24.0 Å². The number of nitrogens with zero attached hydrogens (tertiary/aromatic N) is 2. The molecule has 0 saturated carbocycles. The van der Waals surface area contributed by atoms with Gasteiger partial charge in [0.1, 0.15) is 11.9 Å². The summed E-state index contributed by atoms with van der Waals surface area (Å²) in [4.78, 5) is 13.2. The van der Waals surface area contributed by atoms with Crippen LogP contribution in [0.1, 0.15) is 12.0 Å². The van der Waals surface area contributed by atoms with Crippen LogP contribution in [-0.2, 0) is 21.4 Å². The number of carbonyl (C=O) groups is 1. The summed E-state index contributed by atoms with van der Waals surface area (Å²) in [7, 11) is -4.50. The fraction of sp³-hybridized carbons (Fsp3) is 0.238. The van der Waals surface area contributed by atoms with Gasteiger partial charge >= 0.3 is 0 Å². The Kier molecular flexibility index (Phi) is 8.94. The topological polar surface area (TPSA) is 109 Å². The van der Waals surface area contributed by atoms with Crippen LogP contribution in [0.3, 0.4) is 0 Å². The van der Waals surface area contributed by atoms with Gasteiger partial charge in [-0.25, -0.2) is 22.2 Å². The minimum atomic E-state index is -4.50. The Balaban J connectivity index is 0.00000103. The maximum atomic E-state index is 14.9. The number of likely N-dealkylation sites (tertiary alicyclic amines) is 1.